The molecule has 1 fully saturated rings. The predicted molar refractivity (Wildman–Crippen MR) is 151 cm³/mol. The number of anilines is 1. The normalized spacial score (nSPS) is 21.9. The molecular formula is C32H32N2O7. The van der Waals surface area contributed by atoms with Crippen LogP contribution in [-0.2, 0) is 20.8 Å². The molecule has 3 aromatic rings. The molecule has 41 heavy (non-hydrogen) atoms. The van der Waals surface area contributed by atoms with Gasteiger partial charge in [0.05, 0.1) is 29.9 Å². The van der Waals surface area contributed by atoms with Crippen LogP contribution in [0.4, 0.5) is 5.69 Å². The zero-order valence-corrected chi connectivity index (χ0v) is 22.9. The molecule has 0 saturated carbocycles. The van der Waals surface area contributed by atoms with Crippen LogP contribution in [0.3, 0.4) is 0 Å². The molecule has 0 aliphatic carbocycles. The van der Waals surface area contributed by atoms with Gasteiger partial charge in [-0.3, -0.25) is 4.79 Å². The van der Waals surface area contributed by atoms with E-state index < -0.39 is 24.1 Å². The standard InChI is InChI=1S/C32H32N2O7/c1-4-14-34(3)17-27-19(2)28(21-10-8-20(18-35)9-11-21)40-32(39-27)23-6-5-7-24(15-23)33-29(36)22-12-13-25-26(16-22)31(38)41-30(25)37/h4-13,15-16,19,27-28,32,35H,1,14,17-18H2,2-3H3,(H,33,36)/t19-,27+,28+,32?/m0/s1. The number of amides is 1. The number of aliphatic hydroxyl groups excluding tert-OH is 1. The predicted octanol–water partition coefficient (Wildman–Crippen LogP) is 4.65. The van der Waals surface area contributed by atoms with Crippen molar-refractivity contribution in [2.75, 3.05) is 25.5 Å². The van der Waals surface area contributed by atoms with Crippen LogP contribution in [0, 0.1) is 5.92 Å². The fraction of sp³-hybridized carbons (Fsp3) is 0.281. The number of cyclic esters (lactones) is 2. The molecule has 2 N–H and O–H groups in total. The lowest BCUT2D eigenvalue weighted by molar-refractivity contribution is -0.275. The fourth-order valence-corrected chi connectivity index (χ4v) is 5.12. The maximum atomic E-state index is 13.0. The average molecular weight is 557 g/mol. The van der Waals surface area contributed by atoms with Crippen LogP contribution in [-0.4, -0.2) is 54.1 Å². The number of aliphatic hydroxyl groups is 1. The van der Waals surface area contributed by atoms with Crippen LogP contribution in [0.5, 0.6) is 0 Å². The third kappa shape index (κ3) is 6.13. The fourth-order valence-electron chi connectivity index (χ4n) is 5.12. The molecule has 0 radical (unpaired) electrons. The number of nitrogens with one attached hydrogen (secondary N) is 1. The second-order valence-corrected chi connectivity index (χ2v) is 10.3. The minimum absolute atomic E-state index is 0.0276. The second kappa shape index (κ2) is 12.2. The number of carbonyl (C=O) groups is 3. The number of hydrogen-bond donors (Lipinski definition) is 2. The summed E-state index contributed by atoms with van der Waals surface area (Å²) in [6.07, 6.45) is 0.720. The lowest BCUT2D eigenvalue weighted by atomic mass is 9.90. The van der Waals surface area contributed by atoms with Crippen molar-refractivity contribution in [2.45, 2.75) is 32.0 Å². The SMILES string of the molecule is C=CCN(C)C[C@H]1OC(c2cccc(NC(=O)c3ccc4c(c3)C(=O)OC4=O)c2)O[C@@H](c2ccc(CO)cc2)[C@H]1C. The average Bonchev–Trinajstić information content (AvgIpc) is 3.26. The van der Waals surface area contributed by atoms with E-state index in [2.05, 4.69) is 28.5 Å². The van der Waals surface area contributed by atoms with Gasteiger partial charge in [-0.15, -0.1) is 6.58 Å². The van der Waals surface area contributed by atoms with Gasteiger partial charge in [0.2, 0.25) is 0 Å². The van der Waals surface area contributed by atoms with Crippen LogP contribution in [0.2, 0.25) is 0 Å². The van der Waals surface area contributed by atoms with Gasteiger partial charge in [-0.05, 0) is 48.5 Å². The summed E-state index contributed by atoms with van der Waals surface area (Å²) in [5.74, 6) is -1.90. The summed E-state index contributed by atoms with van der Waals surface area (Å²) >= 11 is 0. The van der Waals surface area contributed by atoms with Crippen LogP contribution in [0.1, 0.15) is 67.1 Å². The largest absolute Gasteiger partial charge is 0.392 e. The molecule has 2 heterocycles. The van der Waals surface area contributed by atoms with Crippen LogP contribution >= 0.6 is 0 Å². The Hall–Kier alpha value is -4.15. The number of rotatable bonds is 9. The Kier molecular flexibility index (Phi) is 8.41. The van der Waals surface area contributed by atoms with E-state index in [-0.39, 0.29) is 41.4 Å². The molecule has 2 aliphatic heterocycles. The molecule has 5 rings (SSSR count). The lowest BCUT2D eigenvalue weighted by Gasteiger charge is -2.42. The number of carbonyl (C=O) groups excluding carboxylic acids is 3. The molecule has 4 atom stereocenters. The summed E-state index contributed by atoms with van der Waals surface area (Å²) in [4.78, 5) is 38.8. The van der Waals surface area contributed by atoms with Crippen LogP contribution in [0.25, 0.3) is 0 Å². The summed E-state index contributed by atoms with van der Waals surface area (Å²) in [5, 5.41) is 12.3. The van der Waals surface area contributed by atoms with E-state index in [0.717, 1.165) is 16.7 Å². The topological polar surface area (TPSA) is 114 Å². The van der Waals surface area contributed by atoms with Gasteiger partial charge in [0, 0.05) is 35.8 Å². The van der Waals surface area contributed by atoms with E-state index in [9.17, 15) is 19.5 Å². The van der Waals surface area contributed by atoms with E-state index >= 15 is 0 Å². The van der Waals surface area contributed by atoms with E-state index in [0.29, 0.717) is 18.8 Å². The van der Waals surface area contributed by atoms with Gasteiger partial charge >= 0.3 is 11.9 Å². The number of hydrogen-bond acceptors (Lipinski definition) is 8. The molecule has 1 amide bonds. The number of likely N-dealkylation sites (N-methyl/N-ethyl adjacent to an activating group) is 1. The molecule has 1 saturated heterocycles. The highest BCUT2D eigenvalue weighted by atomic mass is 16.7. The van der Waals surface area contributed by atoms with E-state index in [1.54, 1.807) is 18.2 Å². The molecule has 9 nitrogen and oxygen atoms in total. The first-order valence-corrected chi connectivity index (χ1v) is 13.4. The van der Waals surface area contributed by atoms with Crippen LogP contribution in [0.15, 0.2) is 79.4 Å². The molecule has 1 unspecified atom stereocenters. The van der Waals surface area contributed by atoms with Crippen molar-refractivity contribution in [1.29, 1.82) is 0 Å². The monoisotopic (exact) mass is 556 g/mol. The lowest BCUT2D eigenvalue weighted by Crippen LogP contribution is -2.43. The van der Waals surface area contributed by atoms with Gasteiger partial charge < -0.3 is 29.5 Å². The quantitative estimate of drug-likeness (QED) is 0.222. The zero-order valence-electron chi connectivity index (χ0n) is 22.9. The summed E-state index contributed by atoms with van der Waals surface area (Å²) in [6.45, 7) is 7.28. The first-order chi connectivity index (χ1) is 19.8. The number of benzene rings is 3. The Morgan fingerprint density at radius 1 is 1.00 bits per heavy atom. The summed E-state index contributed by atoms with van der Waals surface area (Å²) in [6, 6.07) is 19.2. The Balaban J connectivity index is 1.38. The molecule has 212 valence electrons. The number of fused-ring (bicyclic) bond motifs is 1. The Bertz CT molecular complexity index is 1470. The number of esters is 2. The molecule has 9 heteroatoms. The van der Waals surface area contributed by atoms with E-state index in [4.69, 9.17) is 9.47 Å². The van der Waals surface area contributed by atoms with Crippen molar-refractivity contribution >= 4 is 23.5 Å². The smallest absolute Gasteiger partial charge is 0.346 e. The third-order valence-corrected chi connectivity index (χ3v) is 7.38. The van der Waals surface area contributed by atoms with Gasteiger partial charge in [-0.2, -0.15) is 0 Å². The van der Waals surface area contributed by atoms with E-state index in [1.165, 1.54) is 18.2 Å². The Morgan fingerprint density at radius 2 is 1.76 bits per heavy atom. The maximum Gasteiger partial charge on any atom is 0.346 e. The summed E-state index contributed by atoms with van der Waals surface area (Å²) < 4.78 is 17.6. The van der Waals surface area contributed by atoms with E-state index in [1.807, 2.05) is 43.5 Å². The van der Waals surface area contributed by atoms with Crippen molar-refractivity contribution in [3.05, 3.63) is 113 Å². The number of ether oxygens (including phenoxy) is 3. The van der Waals surface area contributed by atoms with Crippen molar-refractivity contribution in [3.8, 4) is 0 Å². The highest BCUT2D eigenvalue weighted by molar-refractivity contribution is 6.16. The number of nitrogens with zero attached hydrogens (tertiary/aromatic N) is 1. The first kappa shape index (κ1) is 28.4. The molecule has 0 spiro atoms. The van der Waals surface area contributed by atoms with Gasteiger partial charge in [-0.25, -0.2) is 9.59 Å². The van der Waals surface area contributed by atoms with Crippen molar-refractivity contribution in [2.24, 2.45) is 5.92 Å². The molecular weight excluding hydrogens is 524 g/mol. The molecule has 0 aromatic heterocycles. The molecule has 3 aromatic carbocycles. The highest BCUT2D eigenvalue weighted by Gasteiger charge is 2.39. The highest BCUT2D eigenvalue weighted by Crippen LogP contribution is 2.42. The first-order valence-electron chi connectivity index (χ1n) is 13.4. The summed E-state index contributed by atoms with van der Waals surface area (Å²) in [7, 11) is 2.01. The van der Waals surface area contributed by atoms with Gasteiger partial charge in [0.1, 0.15) is 0 Å². The van der Waals surface area contributed by atoms with Crippen LogP contribution < -0.4 is 5.32 Å². The van der Waals surface area contributed by atoms with Crippen molar-refractivity contribution in [3.63, 3.8) is 0 Å². The maximum absolute atomic E-state index is 13.0. The van der Waals surface area contributed by atoms with Gasteiger partial charge in [0.15, 0.2) is 6.29 Å². The van der Waals surface area contributed by atoms with Gasteiger partial charge in [0.25, 0.3) is 5.91 Å². The Morgan fingerprint density at radius 3 is 2.49 bits per heavy atom. The summed E-state index contributed by atoms with van der Waals surface area (Å²) in [5.41, 5.74) is 3.48. The molecule has 0 bridgehead atoms. The van der Waals surface area contributed by atoms with Gasteiger partial charge in [-0.1, -0.05) is 49.4 Å². The third-order valence-electron chi connectivity index (χ3n) is 7.38. The second-order valence-electron chi connectivity index (χ2n) is 10.3. The zero-order chi connectivity index (χ0) is 29.1. The minimum Gasteiger partial charge on any atom is -0.392 e. The minimum atomic E-state index is -0.767. The Labute approximate surface area is 238 Å². The van der Waals surface area contributed by atoms with Crippen molar-refractivity contribution in [1.82, 2.24) is 4.90 Å². The molecule has 2 aliphatic rings. The van der Waals surface area contributed by atoms with Crippen molar-refractivity contribution < 1.29 is 33.7 Å².